The van der Waals surface area contributed by atoms with Gasteiger partial charge in [-0.1, -0.05) is 26.0 Å². The van der Waals surface area contributed by atoms with Gasteiger partial charge in [-0.3, -0.25) is 14.4 Å². The van der Waals surface area contributed by atoms with Crippen LogP contribution in [0.3, 0.4) is 0 Å². The third kappa shape index (κ3) is 6.68. The predicted octanol–water partition coefficient (Wildman–Crippen LogP) is 2.88. The average molecular weight is 510 g/mol. The summed E-state index contributed by atoms with van der Waals surface area (Å²) >= 11 is 0. The molecule has 0 aromatic heterocycles. The molecule has 198 valence electrons. The maximum Gasteiger partial charge on any atom is 0.295 e. The van der Waals surface area contributed by atoms with E-state index in [1.807, 2.05) is 25.9 Å². The fourth-order valence-corrected chi connectivity index (χ4v) is 4.04. The van der Waals surface area contributed by atoms with Crippen LogP contribution >= 0.6 is 0 Å². The molecule has 1 aliphatic heterocycles. The third-order valence-corrected chi connectivity index (χ3v) is 5.93. The van der Waals surface area contributed by atoms with Gasteiger partial charge in [-0.2, -0.15) is 0 Å². The van der Waals surface area contributed by atoms with Gasteiger partial charge in [0.2, 0.25) is 0 Å². The van der Waals surface area contributed by atoms with E-state index in [1.165, 1.54) is 4.90 Å². The fourth-order valence-electron chi connectivity index (χ4n) is 4.04. The lowest BCUT2D eigenvalue weighted by molar-refractivity contribution is -0.140. The fraction of sp³-hybridized carbons (Fsp3) is 0.393. The summed E-state index contributed by atoms with van der Waals surface area (Å²) in [5.74, 6) is -0.789. The molecule has 1 fully saturated rings. The highest BCUT2D eigenvalue weighted by Crippen LogP contribution is 2.40. The van der Waals surface area contributed by atoms with E-state index in [1.54, 1.807) is 42.5 Å². The van der Waals surface area contributed by atoms with Crippen molar-refractivity contribution in [2.75, 3.05) is 40.4 Å². The number of likely N-dealkylation sites (N-methyl/N-ethyl adjacent to an activating group) is 1. The van der Waals surface area contributed by atoms with Crippen molar-refractivity contribution in [3.05, 3.63) is 64.7 Å². The van der Waals surface area contributed by atoms with Crippen LogP contribution < -0.4 is 15.2 Å². The highest BCUT2D eigenvalue weighted by atomic mass is 16.5. The second-order valence-corrected chi connectivity index (χ2v) is 9.80. The molecular weight excluding hydrogens is 474 g/mol. The second-order valence-electron chi connectivity index (χ2n) is 9.80. The van der Waals surface area contributed by atoms with E-state index < -0.39 is 23.6 Å². The van der Waals surface area contributed by atoms with Crippen molar-refractivity contribution < 1.29 is 29.0 Å². The Kier molecular flexibility index (Phi) is 8.94. The number of ketones is 1. The highest BCUT2D eigenvalue weighted by molar-refractivity contribution is 6.46. The molecule has 1 saturated heterocycles. The standard InChI is InChI=1S/C28H35N3O6/c1-17(2)15-37-22-11-8-20(14-18(22)3)26(33)24-25(31(13-12-30(4)5)28(35)27(24)34)19-6-9-21(10-7-19)36-16-23(29)32/h6-11,14,17,25,33H,12-13,15-16H2,1-5H3,(H2,29,32). The van der Waals surface area contributed by atoms with E-state index in [0.717, 1.165) is 5.56 Å². The molecule has 0 aliphatic carbocycles. The van der Waals surface area contributed by atoms with Crippen molar-refractivity contribution in [2.45, 2.75) is 26.8 Å². The maximum absolute atomic E-state index is 13.2. The molecule has 2 aromatic rings. The van der Waals surface area contributed by atoms with Crippen LogP contribution in [0.25, 0.3) is 5.76 Å². The molecular formula is C28H35N3O6. The molecule has 0 spiro atoms. The van der Waals surface area contributed by atoms with E-state index in [0.29, 0.717) is 48.2 Å². The molecule has 1 unspecified atom stereocenters. The quantitative estimate of drug-likeness (QED) is 0.271. The minimum absolute atomic E-state index is 0.0183. The zero-order valence-corrected chi connectivity index (χ0v) is 22.0. The first-order valence-corrected chi connectivity index (χ1v) is 12.2. The lowest BCUT2D eigenvalue weighted by Gasteiger charge is -2.26. The van der Waals surface area contributed by atoms with Gasteiger partial charge in [0.15, 0.2) is 6.61 Å². The molecule has 2 aromatic carbocycles. The van der Waals surface area contributed by atoms with Crippen molar-refractivity contribution >= 4 is 23.4 Å². The Morgan fingerprint density at radius 2 is 1.78 bits per heavy atom. The van der Waals surface area contributed by atoms with E-state index >= 15 is 0 Å². The summed E-state index contributed by atoms with van der Waals surface area (Å²) in [4.78, 5) is 40.7. The number of likely N-dealkylation sites (tertiary alicyclic amines) is 1. The molecule has 0 saturated carbocycles. The number of ether oxygens (including phenoxy) is 2. The van der Waals surface area contributed by atoms with E-state index in [-0.39, 0.29) is 17.9 Å². The molecule has 0 radical (unpaired) electrons. The van der Waals surface area contributed by atoms with Gasteiger partial charge in [-0.25, -0.2) is 0 Å². The van der Waals surface area contributed by atoms with Crippen molar-refractivity contribution in [1.29, 1.82) is 0 Å². The van der Waals surface area contributed by atoms with Crippen LogP contribution in [-0.4, -0.2) is 72.9 Å². The number of amides is 2. The number of carbonyl (C=O) groups excluding carboxylic acids is 3. The van der Waals surface area contributed by atoms with E-state index in [4.69, 9.17) is 15.2 Å². The number of aryl methyl sites for hydroxylation is 1. The monoisotopic (exact) mass is 509 g/mol. The van der Waals surface area contributed by atoms with Gasteiger partial charge in [0.25, 0.3) is 17.6 Å². The molecule has 0 bridgehead atoms. The number of Topliss-reactive ketones (excluding diaryl/α,β-unsaturated/α-hetero) is 1. The normalized spacial score (nSPS) is 17.1. The number of aliphatic hydroxyl groups is 1. The van der Waals surface area contributed by atoms with Crippen LogP contribution in [0.1, 0.15) is 36.6 Å². The van der Waals surface area contributed by atoms with Crippen LogP contribution in [-0.2, 0) is 14.4 Å². The van der Waals surface area contributed by atoms with Gasteiger partial charge in [0, 0.05) is 18.7 Å². The topological polar surface area (TPSA) is 122 Å². The van der Waals surface area contributed by atoms with Gasteiger partial charge in [-0.05, 0) is 68.4 Å². The lowest BCUT2D eigenvalue weighted by atomic mass is 9.94. The van der Waals surface area contributed by atoms with Crippen LogP contribution in [0.4, 0.5) is 0 Å². The number of nitrogens with two attached hydrogens (primary N) is 1. The minimum Gasteiger partial charge on any atom is -0.507 e. The first-order valence-electron chi connectivity index (χ1n) is 12.2. The Morgan fingerprint density at radius 1 is 1.11 bits per heavy atom. The Bertz CT molecular complexity index is 1190. The Hall–Kier alpha value is -3.85. The summed E-state index contributed by atoms with van der Waals surface area (Å²) in [6.07, 6.45) is 0. The summed E-state index contributed by atoms with van der Waals surface area (Å²) in [5.41, 5.74) is 7.01. The number of primary amides is 1. The zero-order valence-electron chi connectivity index (χ0n) is 22.0. The average Bonchev–Trinajstić information content (AvgIpc) is 3.10. The summed E-state index contributed by atoms with van der Waals surface area (Å²) < 4.78 is 11.2. The molecule has 37 heavy (non-hydrogen) atoms. The molecule has 9 heteroatoms. The first kappa shape index (κ1) is 27.7. The molecule has 1 atom stereocenters. The smallest absolute Gasteiger partial charge is 0.295 e. The second kappa shape index (κ2) is 11.9. The SMILES string of the molecule is Cc1cc(C(O)=C2C(=O)C(=O)N(CCN(C)C)C2c2ccc(OCC(N)=O)cc2)ccc1OCC(C)C. The van der Waals surface area contributed by atoms with Gasteiger partial charge >= 0.3 is 0 Å². The van der Waals surface area contributed by atoms with Gasteiger partial charge in [-0.15, -0.1) is 0 Å². The van der Waals surface area contributed by atoms with Crippen molar-refractivity contribution in [2.24, 2.45) is 11.7 Å². The van der Waals surface area contributed by atoms with Crippen LogP contribution in [0.5, 0.6) is 11.5 Å². The molecule has 9 nitrogen and oxygen atoms in total. The Labute approximate surface area is 217 Å². The van der Waals surface area contributed by atoms with E-state index in [9.17, 15) is 19.5 Å². The van der Waals surface area contributed by atoms with Gasteiger partial charge < -0.3 is 30.1 Å². The third-order valence-electron chi connectivity index (χ3n) is 5.93. The van der Waals surface area contributed by atoms with Crippen molar-refractivity contribution in [1.82, 2.24) is 9.80 Å². The van der Waals surface area contributed by atoms with E-state index in [2.05, 4.69) is 13.8 Å². The largest absolute Gasteiger partial charge is 0.507 e. The minimum atomic E-state index is -0.790. The number of hydrogen-bond donors (Lipinski definition) is 2. The number of aliphatic hydroxyl groups excluding tert-OH is 1. The molecule has 2 amide bonds. The predicted molar refractivity (Wildman–Crippen MR) is 140 cm³/mol. The number of benzene rings is 2. The molecule has 3 rings (SSSR count). The number of hydrogen-bond acceptors (Lipinski definition) is 7. The van der Waals surface area contributed by atoms with Gasteiger partial charge in [0.05, 0.1) is 18.2 Å². The van der Waals surface area contributed by atoms with Crippen molar-refractivity contribution in [3.8, 4) is 11.5 Å². The first-order chi connectivity index (χ1) is 17.5. The molecule has 1 heterocycles. The van der Waals surface area contributed by atoms with Gasteiger partial charge in [0.1, 0.15) is 17.3 Å². The number of carbonyl (C=O) groups is 3. The molecule has 1 aliphatic rings. The Balaban J connectivity index is 2.03. The number of nitrogens with zero attached hydrogens (tertiary/aromatic N) is 2. The highest BCUT2D eigenvalue weighted by Gasteiger charge is 2.45. The molecule has 3 N–H and O–H groups in total. The van der Waals surface area contributed by atoms with Crippen LogP contribution in [0, 0.1) is 12.8 Å². The summed E-state index contributed by atoms with van der Waals surface area (Å²) in [5, 5.41) is 11.3. The maximum atomic E-state index is 13.2. The Morgan fingerprint density at radius 3 is 2.35 bits per heavy atom. The zero-order chi connectivity index (χ0) is 27.3. The number of rotatable bonds is 11. The lowest BCUT2D eigenvalue weighted by Crippen LogP contribution is -2.35. The van der Waals surface area contributed by atoms with Crippen molar-refractivity contribution in [3.63, 3.8) is 0 Å². The summed E-state index contributed by atoms with van der Waals surface area (Å²) in [6, 6.07) is 11.1. The van der Waals surface area contributed by atoms with Crippen LogP contribution in [0.15, 0.2) is 48.0 Å². The van der Waals surface area contributed by atoms with Crippen LogP contribution in [0.2, 0.25) is 0 Å². The summed E-state index contributed by atoms with van der Waals surface area (Å²) in [6.45, 7) is 7.09. The summed E-state index contributed by atoms with van der Waals surface area (Å²) in [7, 11) is 3.75.